The predicted molar refractivity (Wildman–Crippen MR) is 167 cm³/mol. The summed E-state index contributed by atoms with van der Waals surface area (Å²) < 4.78 is 26.6. The zero-order valence-corrected chi connectivity index (χ0v) is 25.8. The van der Waals surface area contributed by atoms with Crippen molar-refractivity contribution >= 4 is 56.4 Å². The van der Waals surface area contributed by atoms with E-state index in [1.807, 2.05) is 30.3 Å². The van der Waals surface area contributed by atoms with Crippen molar-refractivity contribution in [2.75, 3.05) is 17.1 Å². The molecule has 0 spiro atoms. The van der Waals surface area contributed by atoms with Gasteiger partial charge in [0.25, 0.3) is 5.69 Å². The molecule has 43 heavy (non-hydrogen) atoms. The highest BCUT2D eigenvalue weighted by atomic mass is 35.5. The van der Waals surface area contributed by atoms with E-state index >= 15 is 0 Å². The number of nitro groups is 1. The molecule has 3 aromatic rings. The van der Waals surface area contributed by atoms with Crippen molar-refractivity contribution in [2.45, 2.75) is 50.7 Å². The third kappa shape index (κ3) is 8.68. The Morgan fingerprint density at radius 2 is 1.72 bits per heavy atom. The second-order valence-electron chi connectivity index (χ2n) is 10.5. The Morgan fingerprint density at radius 1 is 1.02 bits per heavy atom. The van der Waals surface area contributed by atoms with Crippen molar-refractivity contribution in [1.82, 2.24) is 10.2 Å². The molecule has 13 heteroatoms. The summed E-state index contributed by atoms with van der Waals surface area (Å²) in [6, 6.07) is 18.0. The molecule has 1 fully saturated rings. The summed E-state index contributed by atoms with van der Waals surface area (Å²) in [7, 11) is -4.08. The fourth-order valence-electron chi connectivity index (χ4n) is 5.13. The van der Waals surface area contributed by atoms with Crippen molar-refractivity contribution in [3.63, 3.8) is 0 Å². The van der Waals surface area contributed by atoms with E-state index in [0.717, 1.165) is 47.9 Å². The maximum Gasteiger partial charge on any atom is 0.271 e. The molecule has 0 heterocycles. The van der Waals surface area contributed by atoms with Crippen LogP contribution in [-0.4, -0.2) is 54.9 Å². The van der Waals surface area contributed by atoms with E-state index in [-0.39, 0.29) is 41.3 Å². The highest BCUT2D eigenvalue weighted by Gasteiger charge is 2.34. The summed E-state index contributed by atoms with van der Waals surface area (Å²) in [6.45, 7) is -0.815. The third-order valence-corrected chi connectivity index (χ3v) is 9.06. The average molecular weight is 648 g/mol. The molecule has 0 bridgehead atoms. The molecule has 0 saturated heterocycles. The molecule has 0 aliphatic heterocycles. The lowest BCUT2D eigenvalue weighted by atomic mass is 10.0. The first kappa shape index (κ1) is 32.2. The van der Waals surface area contributed by atoms with Gasteiger partial charge in [0, 0.05) is 41.2 Å². The number of nitrogens with zero attached hydrogens (tertiary/aromatic N) is 3. The van der Waals surface area contributed by atoms with Crippen LogP contribution in [0.1, 0.15) is 36.8 Å². The van der Waals surface area contributed by atoms with Crippen LogP contribution in [0.3, 0.4) is 0 Å². The first-order valence-corrected chi connectivity index (χ1v) is 16.3. The van der Waals surface area contributed by atoms with E-state index < -0.39 is 33.4 Å². The summed E-state index contributed by atoms with van der Waals surface area (Å²) in [5.41, 5.74) is 0.922. The van der Waals surface area contributed by atoms with E-state index in [0.29, 0.717) is 10.6 Å². The van der Waals surface area contributed by atoms with Gasteiger partial charge in [-0.25, -0.2) is 8.42 Å². The van der Waals surface area contributed by atoms with Crippen molar-refractivity contribution in [3.05, 3.63) is 104 Å². The Labute approximate surface area is 260 Å². The van der Waals surface area contributed by atoms with Crippen LogP contribution in [0, 0.1) is 10.1 Å². The number of sulfonamides is 1. The zero-order chi connectivity index (χ0) is 31.1. The molecule has 1 unspecified atom stereocenters. The van der Waals surface area contributed by atoms with Crippen LogP contribution < -0.4 is 9.62 Å². The number of rotatable bonds is 12. The molecule has 10 nitrogen and oxygen atoms in total. The van der Waals surface area contributed by atoms with Gasteiger partial charge in [-0.05, 0) is 42.2 Å². The van der Waals surface area contributed by atoms with Crippen LogP contribution in [0.2, 0.25) is 10.0 Å². The van der Waals surface area contributed by atoms with Gasteiger partial charge in [0.15, 0.2) is 0 Å². The molecule has 0 aromatic heterocycles. The Morgan fingerprint density at radius 3 is 2.35 bits per heavy atom. The summed E-state index contributed by atoms with van der Waals surface area (Å²) in [5.74, 6) is -1.05. The fourth-order valence-corrected chi connectivity index (χ4v) is 6.44. The van der Waals surface area contributed by atoms with E-state index in [9.17, 15) is 28.1 Å². The standard InChI is InChI=1S/C30H32Cl2N4O6S/c1-43(41,42)35(25-12-7-13-26(18-25)36(39)40)20-29(37)34(19-22-14-15-23(31)17-27(22)32)28(16-21-8-3-2-4-9-21)30(38)33-24-10-5-6-11-24/h2-4,7-9,12-15,17-18,24,28H,5-6,10-11,16,19-20H2,1H3,(H,33,38). The molecule has 1 aliphatic rings. The van der Waals surface area contributed by atoms with Crippen molar-refractivity contribution in [1.29, 1.82) is 0 Å². The van der Waals surface area contributed by atoms with Gasteiger partial charge in [-0.3, -0.25) is 24.0 Å². The minimum atomic E-state index is -4.08. The number of hydrogen-bond donors (Lipinski definition) is 1. The van der Waals surface area contributed by atoms with Gasteiger partial charge in [-0.2, -0.15) is 0 Å². The summed E-state index contributed by atoms with van der Waals surface area (Å²) in [6.07, 6.45) is 4.71. The first-order chi connectivity index (χ1) is 20.4. The Kier molecular flexibility index (Phi) is 10.6. The van der Waals surface area contributed by atoms with Crippen LogP contribution in [0.5, 0.6) is 0 Å². The summed E-state index contributed by atoms with van der Waals surface area (Å²) in [5, 5.41) is 15.1. The van der Waals surface area contributed by atoms with Gasteiger partial charge in [0.05, 0.1) is 16.9 Å². The number of anilines is 1. The maximum atomic E-state index is 14.2. The van der Waals surface area contributed by atoms with Crippen molar-refractivity contribution < 1.29 is 22.9 Å². The number of carbonyl (C=O) groups excluding carboxylic acids is 2. The van der Waals surface area contributed by atoms with Crippen molar-refractivity contribution in [2.24, 2.45) is 0 Å². The van der Waals surface area contributed by atoms with Gasteiger partial charge in [0.2, 0.25) is 21.8 Å². The van der Waals surface area contributed by atoms with Crippen LogP contribution in [0.4, 0.5) is 11.4 Å². The van der Waals surface area contributed by atoms with Crippen LogP contribution in [-0.2, 0) is 32.6 Å². The number of nitrogens with one attached hydrogen (secondary N) is 1. The van der Waals surface area contributed by atoms with Gasteiger partial charge in [-0.15, -0.1) is 0 Å². The molecule has 2 amide bonds. The summed E-state index contributed by atoms with van der Waals surface area (Å²) in [4.78, 5) is 40.1. The second-order valence-corrected chi connectivity index (χ2v) is 13.2. The monoisotopic (exact) mass is 646 g/mol. The second kappa shape index (κ2) is 14.2. The molecule has 1 saturated carbocycles. The first-order valence-electron chi connectivity index (χ1n) is 13.7. The number of benzene rings is 3. The van der Waals surface area contributed by atoms with Gasteiger partial charge in [-0.1, -0.05) is 78.5 Å². The molecular weight excluding hydrogens is 615 g/mol. The molecule has 1 atom stereocenters. The molecule has 1 N–H and O–H groups in total. The molecule has 3 aromatic carbocycles. The lowest BCUT2D eigenvalue weighted by Crippen LogP contribution is -2.54. The Hall–Kier alpha value is -3.67. The number of carbonyl (C=O) groups is 2. The van der Waals surface area contributed by atoms with E-state index in [4.69, 9.17) is 23.2 Å². The molecule has 0 radical (unpaired) electrons. The van der Waals surface area contributed by atoms with Gasteiger partial charge in [0.1, 0.15) is 12.6 Å². The highest BCUT2D eigenvalue weighted by Crippen LogP contribution is 2.27. The summed E-state index contributed by atoms with van der Waals surface area (Å²) >= 11 is 12.6. The SMILES string of the molecule is CS(=O)(=O)N(CC(=O)N(Cc1ccc(Cl)cc1Cl)C(Cc1ccccc1)C(=O)NC1CCCC1)c1cccc([N+](=O)[O-])c1. The highest BCUT2D eigenvalue weighted by molar-refractivity contribution is 7.92. The topological polar surface area (TPSA) is 130 Å². The average Bonchev–Trinajstić information content (AvgIpc) is 3.47. The van der Waals surface area contributed by atoms with Crippen LogP contribution in [0.25, 0.3) is 0 Å². The molecule has 4 rings (SSSR count). The lowest BCUT2D eigenvalue weighted by Gasteiger charge is -2.34. The van der Waals surface area contributed by atoms with E-state index in [2.05, 4.69) is 5.32 Å². The van der Waals surface area contributed by atoms with E-state index in [1.54, 1.807) is 12.1 Å². The van der Waals surface area contributed by atoms with Crippen molar-refractivity contribution in [3.8, 4) is 0 Å². The molecular formula is C30H32Cl2N4O6S. The maximum absolute atomic E-state index is 14.2. The third-order valence-electron chi connectivity index (χ3n) is 7.34. The Bertz CT molecular complexity index is 1580. The predicted octanol–water partition coefficient (Wildman–Crippen LogP) is 5.37. The Balaban J connectivity index is 1.76. The number of amides is 2. The van der Waals surface area contributed by atoms with Gasteiger partial charge >= 0.3 is 0 Å². The molecule has 228 valence electrons. The number of hydrogen-bond acceptors (Lipinski definition) is 6. The van der Waals surface area contributed by atoms with E-state index in [1.165, 1.54) is 29.2 Å². The smallest absolute Gasteiger partial charge is 0.271 e. The molecule has 1 aliphatic carbocycles. The quantitative estimate of drug-likeness (QED) is 0.208. The lowest BCUT2D eigenvalue weighted by molar-refractivity contribution is -0.384. The van der Waals surface area contributed by atoms with Crippen LogP contribution in [0.15, 0.2) is 72.8 Å². The number of nitro benzene ring substituents is 1. The number of non-ortho nitro benzene ring substituents is 1. The minimum absolute atomic E-state index is 0.0285. The largest absolute Gasteiger partial charge is 0.352 e. The zero-order valence-electron chi connectivity index (χ0n) is 23.5. The fraction of sp³-hybridized carbons (Fsp3) is 0.333. The minimum Gasteiger partial charge on any atom is -0.352 e. The number of halogens is 2. The normalized spacial score (nSPS) is 14.2. The van der Waals surface area contributed by atoms with Gasteiger partial charge < -0.3 is 10.2 Å². The van der Waals surface area contributed by atoms with Crippen LogP contribution >= 0.6 is 23.2 Å².